The van der Waals surface area contributed by atoms with Gasteiger partial charge < -0.3 is 25.4 Å². The zero-order valence-electron chi connectivity index (χ0n) is 16.7. The third-order valence-corrected chi connectivity index (χ3v) is 5.05. The van der Waals surface area contributed by atoms with Crippen LogP contribution < -0.4 is 11.1 Å². The van der Waals surface area contributed by atoms with Gasteiger partial charge in [-0.1, -0.05) is 0 Å². The summed E-state index contributed by atoms with van der Waals surface area (Å²) >= 11 is 0. The minimum Gasteiger partial charge on any atom is -0.381 e. The van der Waals surface area contributed by atoms with E-state index in [1.54, 1.807) is 0 Å². The van der Waals surface area contributed by atoms with E-state index in [1.165, 1.54) is 0 Å². The Morgan fingerprint density at radius 3 is 2.78 bits per heavy atom. The Morgan fingerprint density at radius 1 is 1.30 bits per heavy atom. The summed E-state index contributed by atoms with van der Waals surface area (Å²) in [5.41, 5.74) is 5.36. The smallest absolute Gasteiger partial charge is 0.217 e. The number of carbonyl (C=O) groups excluding carboxylic acids is 1. The first-order chi connectivity index (χ1) is 12.7. The second-order valence-electron chi connectivity index (χ2n) is 7.34. The van der Waals surface area contributed by atoms with E-state index in [4.69, 9.17) is 20.2 Å². The van der Waals surface area contributed by atoms with Gasteiger partial charge in [-0.25, -0.2) is 0 Å². The lowest BCUT2D eigenvalue weighted by Gasteiger charge is -2.34. The Labute approximate surface area is 180 Å². The van der Waals surface area contributed by atoms with Crippen molar-refractivity contribution in [1.82, 2.24) is 10.2 Å². The van der Waals surface area contributed by atoms with Crippen molar-refractivity contribution in [3.8, 4) is 0 Å². The van der Waals surface area contributed by atoms with Gasteiger partial charge in [0.1, 0.15) is 0 Å². The number of rotatable bonds is 9. The van der Waals surface area contributed by atoms with Crippen molar-refractivity contribution in [1.29, 1.82) is 0 Å². The number of halogens is 1. The van der Waals surface area contributed by atoms with Crippen molar-refractivity contribution in [3.63, 3.8) is 0 Å². The van der Waals surface area contributed by atoms with Gasteiger partial charge in [-0.3, -0.25) is 9.79 Å². The first kappa shape index (κ1) is 24.4. The van der Waals surface area contributed by atoms with Crippen LogP contribution in [0.3, 0.4) is 0 Å². The van der Waals surface area contributed by atoms with Gasteiger partial charge in [-0.2, -0.15) is 0 Å². The van der Waals surface area contributed by atoms with E-state index in [1.807, 2.05) is 0 Å². The fraction of sp³-hybridized carbons (Fsp3) is 0.895. The van der Waals surface area contributed by atoms with Crippen LogP contribution in [0.25, 0.3) is 0 Å². The molecule has 7 nitrogen and oxygen atoms in total. The van der Waals surface area contributed by atoms with Crippen LogP contribution in [0, 0.1) is 11.8 Å². The molecule has 27 heavy (non-hydrogen) atoms. The average molecular weight is 496 g/mol. The van der Waals surface area contributed by atoms with E-state index in [0.29, 0.717) is 18.3 Å². The monoisotopic (exact) mass is 496 g/mol. The van der Waals surface area contributed by atoms with Crippen molar-refractivity contribution < 1.29 is 14.3 Å². The largest absolute Gasteiger partial charge is 0.381 e. The van der Waals surface area contributed by atoms with E-state index in [-0.39, 0.29) is 29.9 Å². The molecule has 2 aliphatic heterocycles. The molecule has 0 aromatic heterocycles. The van der Waals surface area contributed by atoms with Crippen LogP contribution in [0.1, 0.15) is 45.4 Å². The molecule has 0 saturated carbocycles. The molecule has 158 valence electrons. The van der Waals surface area contributed by atoms with Gasteiger partial charge in [0.25, 0.3) is 0 Å². The minimum atomic E-state index is -0.208. The normalized spacial score (nSPS) is 21.6. The highest BCUT2D eigenvalue weighted by Gasteiger charge is 2.23. The second kappa shape index (κ2) is 14.4. The molecular weight excluding hydrogens is 459 g/mol. The lowest BCUT2D eigenvalue weighted by Crippen LogP contribution is -2.47. The maximum absolute atomic E-state index is 11.2. The standard InChI is InChI=1S/C19H36N4O3.HI/c1-2-21-19(23-9-3-5-17(14-23)13-18(20)24)22-8-4-10-26-15-16-6-11-25-12-7-16;/h16-17H,2-15H2,1H3,(H2,20,24)(H,21,22);1H. The van der Waals surface area contributed by atoms with E-state index in [9.17, 15) is 4.79 Å². The van der Waals surface area contributed by atoms with Crippen molar-refractivity contribution in [2.24, 2.45) is 22.6 Å². The van der Waals surface area contributed by atoms with E-state index >= 15 is 0 Å². The van der Waals surface area contributed by atoms with E-state index in [0.717, 1.165) is 90.7 Å². The molecule has 2 saturated heterocycles. The number of amides is 1. The molecule has 3 N–H and O–H groups in total. The fourth-order valence-corrected chi connectivity index (χ4v) is 3.65. The van der Waals surface area contributed by atoms with Gasteiger partial charge in [0.15, 0.2) is 5.96 Å². The summed E-state index contributed by atoms with van der Waals surface area (Å²) in [5, 5.41) is 3.37. The van der Waals surface area contributed by atoms with Gasteiger partial charge >= 0.3 is 0 Å². The average Bonchev–Trinajstić information content (AvgIpc) is 2.64. The van der Waals surface area contributed by atoms with E-state index in [2.05, 4.69) is 17.1 Å². The number of hydrogen-bond acceptors (Lipinski definition) is 4. The predicted molar refractivity (Wildman–Crippen MR) is 118 cm³/mol. The summed E-state index contributed by atoms with van der Waals surface area (Å²) in [5.74, 6) is 1.74. The summed E-state index contributed by atoms with van der Waals surface area (Å²) in [7, 11) is 0. The van der Waals surface area contributed by atoms with E-state index < -0.39 is 0 Å². The minimum absolute atomic E-state index is 0. The number of hydrogen-bond donors (Lipinski definition) is 2. The summed E-state index contributed by atoms with van der Waals surface area (Å²) in [6.45, 7) is 8.86. The number of likely N-dealkylation sites (tertiary alicyclic amines) is 1. The first-order valence-electron chi connectivity index (χ1n) is 10.2. The van der Waals surface area contributed by atoms with Crippen LogP contribution in [0.5, 0.6) is 0 Å². The molecule has 0 spiro atoms. The van der Waals surface area contributed by atoms with Crippen LogP contribution in [-0.2, 0) is 14.3 Å². The van der Waals surface area contributed by atoms with Crippen molar-refractivity contribution in [3.05, 3.63) is 0 Å². The number of piperidine rings is 1. The van der Waals surface area contributed by atoms with Crippen molar-refractivity contribution in [2.75, 3.05) is 52.6 Å². The highest BCUT2D eigenvalue weighted by molar-refractivity contribution is 14.0. The molecule has 0 aromatic carbocycles. The van der Waals surface area contributed by atoms with Crippen LogP contribution in [0.4, 0.5) is 0 Å². The SMILES string of the molecule is CCNC(=NCCCOCC1CCOCC1)N1CCCC(CC(N)=O)C1.I. The van der Waals surface area contributed by atoms with Gasteiger partial charge in [-0.15, -0.1) is 24.0 Å². The first-order valence-corrected chi connectivity index (χ1v) is 10.2. The maximum Gasteiger partial charge on any atom is 0.217 e. The number of nitrogens with zero attached hydrogens (tertiary/aromatic N) is 2. The highest BCUT2D eigenvalue weighted by atomic mass is 127. The Balaban J connectivity index is 0.00000364. The Hall–Kier alpha value is -0.610. The molecule has 1 unspecified atom stereocenters. The Kier molecular flexibility index (Phi) is 13.0. The molecular formula is C19H37IN4O3. The number of primary amides is 1. The molecule has 1 atom stereocenters. The molecule has 2 heterocycles. The molecule has 0 bridgehead atoms. The predicted octanol–water partition coefficient (Wildman–Crippen LogP) is 1.99. The molecule has 2 aliphatic rings. The molecule has 2 fully saturated rings. The lowest BCUT2D eigenvalue weighted by molar-refractivity contribution is -0.119. The topological polar surface area (TPSA) is 89.2 Å². The lowest BCUT2D eigenvalue weighted by atomic mass is 9.95. The van der Waals surface area contributed by atoms with Crippen molar-refractivity contribution >= 4 is 35.8 Å². The summed E-state index contributed by atoms with van der Waals surface area (Å²) in [4.78, 5) is 18.2. The maximum atomic E-state index is 11.2. The number of ether oxygens (including phenoxy) is 2. The van der Waals surface area contributed by atoms with Crippen LogP contribution in [-0.4, -0.2) is 69.4 Å². The molecule has 0 radical (unpaired) electrons. The summed E-state index contributed by atoms with van der Waals surface area (Å²) in [6, 6.07) is 0. The Morgan fingerprint density at radius 2 is 2.07 bits per heavy atom. The highest BCUT2D eigenvalue weighted by Crippen LogP contribution is 2.19. The van der Waals surface area contributed by atoms with Gasteiger partial charge in [0.2, 0.25) is 5.91 Å². The molecule has 0 aliphatic carbocycles. The Bertz CT molecular complexity index is 445. The number of guanidine groups is 1. The number of carbonyl (C=O) groups is 1. The second-order valence-corrected chi connectivity index (χ2v) is 7.34. The quantitative estimate of drug-likeness (QED) is 0.221. The van der Waals surface area contributed by atoms with Crippen LogP contribution in [0.15, 0.2) is 4.99 Å². The summed E-state index contributed by atoms with van der Waals surface area (Å²) in [6.07, 6.45) is 5.77. The molecule has 8 heteroatoms. The number of aliphatic imine (C=N–C) groups is 1. The zero-order valence-corrected chi connectivity index (χ0v) is 19.0. The molecule has 0 aromatic rings. The summed E-state index contributed by atoms with van der Waals surface area (Å²) < 4.78 is 11.2. The molecule has 2 rings (SSSR count). The van der Waals surface area contributed by atoms with Gasteiger partial charge in [0, 0.05) is 59.0 Å². The number of nitrogens with one attached hydrogen (secondary N) is 1. The van der Waals surface area contributed by atoms with Gasteiger partial charge in [-0.05, 0) is 50.9 Å². The third-order valence-electron chi connectivity index (χ3n) is 5.05. The number of nitrogens with two attached hydrogens (primary N) is 1. The molecule has 1 amide bonds. The van der Waals surface area contributed by atoms with Crippen molar-refractivity contribution in [2.45, 2.75) is 45.4 Å². The van der Waals surface area contributed by atoms with Gasteiger partial charge in [0.05, 0.1) is 0 Å². The third kappa shape index (κ3) is 9.94. The van der Waals surface area contributed by atoms with Crippen LogP contribution >= 0.6 is 24.0 Å². The van der Waals surface area contributed by atoms with Crippen LogP contribution in [0.2, 0.25) is 0 Å². The zero-order chi connectivity index (χ0) is 18.6. The fourth-order valence-electron chi connectivity index (χ4n) is 3.65.